The summed E-state index contributed by atoms with van der Waals surface area (Å²) in [5.74, 6) is 0.278. The number of hydrogen-bond acceptors (Lipinski definition) is 3. The van der Waals surface area contributed by atoms with Gasteiger partial charge in [0.25, 0.3) is 0 Å². The van der Waals surface area contributed by atoms with Gasteiger partial charge in [-0.25, -0.2) is 0 Å². The summed E-state index contributed by atoms with van der Waals surface area (Å²) in [5.41, 5.74) is 0. The van der Waals surface area contributed by atoms with E-state index in [1.807, 2.05) is 6.92 Å². The quantitative estimate of drug-likeness (QED) is 0.716. The Bertz CT molecular complexity index is 214. The Balaban J connectivity index is 2.27. The molecule has 1 heterocycles. The zero-order valence-electron chi connectivity index (χ0n) is 10.8. The Kier molecular flexibility index (Phi) is 5.77. The molecule has 1 fully saturated rings. The van der Waals surface area contributed by atoms with E-state index in [2.05, 4.69) is 29.4 Å². The minimum absolute atomic E-state index is 0.0899. The number of rotatable bonds is 5. The summed E-state index contributed by atoms with van der Waals surface area (Å²) in [7, 11) is 0. The number of nitrogens with one attached hydrogen (secondary N) is 2. The standard InChI is InChI=1S/C12H25N3O/c1-4-11(3)14-12(16)10(2)9-15-7-5-13-6-8-15/h10-11,13H,4-9H2,1-3H3,(H,14,16). The molecule has 0 aromatic rings. The first-order valence-corrected chi connectivity index (χ1v) is 6.37. The predicted molar refractivity (Wildman–Crippen MR) is 66.4 cm³/mol. The van der Waals surface area contributed by atoms with Gasteiger partial charge in [-0.1, -0.05) is 13.8 Å². The largest absolute Gasteiger partial charge is 0.353 e. The lowest BCUT2D eigenvalue weighted by Gasteiger charge is -2.29. The fraction of sp³-hybridized carbons (Fsp3) is 0.917. The lowest BCUT2D eigenvalue weighted by Crippen LogP contribution is -2.47. The van der Waals surface area contributed by atoms with E-state index >= 15 is 0 Å². The summed E-state index contributed by atoms with van der Waals surface area (Å²) in [6.07, 6.45) is 0.992. The molecular formula is C12H25N3O. The first-order chi connectivity index (χ1) is 7.63. The predicted octanol–water partition coefficient (Wildman–Crippen LogP) is 0.442. The SMILES string of the molecule is CCC(C)NC(=O)C(C)CN1CCNCC1. The highest BCUT2D eigenvalue weighted by Crippen LogP contribution is 2.02. The Morgan fingerprint density at radius 1 is 1.38 bits per heavy atom. The van der Waals surface area contributed by atoms with E-state index in [0.717, 1.165) is 39.1 Å². The van der Waals surface area contributed by atoms with Crippen molar-refractivity contribution < 1.29 is 4.79 Å². The van der Waals surface area contributed by atoms with Crippen molar-refractivity contribution in [2.75, 3.05) is 32.7 Å². The van der Waals surface area contributed by atoms with E-state index in [1.54, 1.807) is 0 Å². The smallest absolute Gasteiger partial charge is 0.224 e. The van der Waals surface area contributed by atoms with Crippen molar-refractivity contribution in [3.63, 3.8) is 0 Å². The van der Waals surface area contributed by atoms with E-state index in [0.29, 0.717) is 0 Å². The number of hydrogen-bond donors (Lipinski definition) is 2. The van der Waals surface area contributed by atoms with Gasteiger partial charge in [-0.05, 0) is 13.3 Å². The molecule has 0 bridgehead atoms. The molecule has 0 aliphatic carbocycles. The maximum absolute atomic E-state index is 11.8. The molecule has 1 aliphatic rings. The van der Waals surface area contributed by atoms with Crippen LogP contribution in [0.1, 0.15) is 27.2 Å². The minimum atomic E-state index is 0.0899. The van der Waals surface area contributed by atoms with Crippen LogP contribution in [0.4, 0.5) is 0 Å². The van der Waals surface area contributed by atoms with Gasteiger partial charge in [0.15, 0.2) is 0 Å². The van der Waals surface area contributed by atoms with E-state index in [1.165, 1.54) is 0 Å². The summed E-state index contributed by atoms with van der Waals surface area (Å²) >= 11 is 0. The van der Waals surface area contributed by atoms with Crippen LogP contribution >= 0.6 is 0 Å². The summed E-state index contributed by atoms with van der Waals surface area (Å²) in [6, 6.07) is 0.290. The third-order valence-corrected chi connectivity index (χ3v) is 3.19. The van der Waals surface area contributed by atoms with Gasteiger partial charge in [-0.2, -0.15) is 0 Å². The van der Waals surface area contributed by atoms with Gasteiger partial charge < -0.3 is 15.5 Å². The van der Waals surface area contributed by atoms with Crippen LogP contribution in [-0.2, 0) is 4.79 Å². The fourth-order valence-corrected chi connectivity index (χ4v) is 1.85. The van der Waals surface area contributed by atoms with Gasteiger partial charge in [-0.15, -0.1) is 0 Å². The molecule has 2 unspecified atom stereocenters. The minimum Gasteiger partial charge on any atom is -0.353 e. The van der Waals surface area contributed by atoms with Crippen molar-refractivity contribution in [2.45, 2.75) is 33.2 Å². The third-order valence-electron chi connectivity index (χ3n) is 3.19. The van der Waals surface area contributed by atoms with Crippen LogP contribution in [0.3, 0.4) is 0 Å². The molecule has 2 atom stereocenters. The number of piperazine rings is 1. The molecule has 0 radical (unpaired) electrons. The number of nitrogens with zero attached hydrogens (tertiary/aromatic N) is 1. The third kappa shape index (κ3) is 4.49. The first kappa shape index (κ1) is 13.5. The molecule has 16 heavy (non-hydrogen) atoms. The Morgan fingerprint density at radius 2 is 2.00 bits per heavy atom. The maximum Gasteiger partial charge on any atom is 0.224 e. The molecule has 1 amide bonds. The molecule has 0 saturated carbocycles. The topological polar surface area (TPSA) is 44.4 Å². The van der Waals surface area contributed by atoms with Crippen molar-refractivity contribution in [1.82, 2.24) is 15.5 Å². The lowest BCUT2D eigenvalue weighted by molar-refractivity contribution is -0.125. The van der Waals surface area contributed by atoms with E-state index in [4.69, 9.17) is 0 Å². The molecule has 1 saturated heterocycles. The highest BCUT2D eigenvalue weighted by molar-refractivity contribution is 5.78. The molecule has 0 aromatic heterocycles. The van der Waals surface area contributed by atoms with E-state index < -0.39 is 0 Å². The fourth-order valence-electron chi connectivity index (χ4n) is 1.85. The number of carbonyl (C=O) groups excluding carboxylic acids is 1. The molecule has 1 rings (SSSR count). The van der Waals surface area contributed by atoms with Crippen molar-refractivity contribution >= 4 is 5.91 Å². The van der Waals surface area contributed by atoms with E-state index in [-0.39, 0.29) is 17.9 Å². The number of carbonyl (C=O) groups is 1. The van der Waals surface area contributed by atoms with Crippen LogP contribution in [0.25, 0.3) is 0 Å². The van der Waals surface area contributed by atoms with Crippen LogP contribution in [0, 0.1) is 5.92 Å². The van der Waals surface area contributed by atoms with Crippen molar-refractivity contribution in [2.24, 2.45) is 5.92 Å². The molecule has 4 nitrogen and oxygen atoms in total. The first-order valence-electron chi connectivity index (χ1n) is 6.37. The summed E-state index contributed by atoms with van der Waals surface area (Å²) in [6.45, 7) is 11.2. The summed E-state index contributed by atoms with van der Waals surface area (Å²) in [4.78, 5) is 14.2. The van der Waals surface area contributed by atoms with Crippen molar-refractivity contribution in [1.29, 1.82) is 0 Å². The lowest BCUT2D eigenvalue weighted by atomic mass is 10.1. The Morgan fingerprint density at radius 3 is 2.56 bits per heavy atom. The highest BCUT2D eigenvalue weighted by atomic mass is 16.1. The second kappa shape index (κ2) is 6.86. The molecule has 4 heteroatoms. The van der Waals surface area contributed by atoms with Crippen LogP contribution in [0.2, 0.25) is 0 Å². The van der Waals surface area contributed by atoms with Crippen LogP contribution in [0.15, 0.2) is 0 Å². The maximum atomic E-state index is 11.8. The zero-order chi connectivity index (χ0) is 12.0. The molecule has 2 N–H and O–H groups in total. The van der Waals surface area contributed by atoms with Crippen molar-refractivity contribution in [3.8, 4) is 0 Å². The number of amides is 1. The van der Waals surface area contributed by atoms with Gasteiger partial charge in [0.1, 0.15) is 0 Å². The molecule has 94 valence electrons. The van der Waals surface area contributed by atoms with Crippen LogP contribution in [0.5, 0.6) is 0 Å². The van der Waals surface area contributed by atoms with Gasteiger partial charge in [0.2, 0.25) is 5.91 Å². The normalized spacial score (nSPS) is 21.4. The van der Waals surface area contributed by atoms with Gasteiger partial charge >= 0.3 is 0 Å². The monoisotopic (exact) mass is 227 g/mol. The van der Waals surface area contributed by atoms with Crippen LogP contribution < -0.4 is 10.6 Å². The van der Waals surface area contributed by atoms with Gasteiger partial charge in [0, 0.05) is 44.7 Å². The molecule has 1 aliphatic heterocycles. The average molecular weight is 227 g/mol. The molecular weight excluding hydrogens is 202 g/mol. The summed E-state index contributed by atoms with van der Waals surface area (Å²) in [5, 5.41) is 6.35. The Labute approximate surface area is 98.8 Å². The second-order valence-corrected chi connectivity index (χ2v) is 4.77. The van der Waals surface area contributed by atoms with Gasteiger partial charge in [0.05, 0.1) is 0 Å². The Hall–Kier alpha value is -0.610. The zero-order valence-corrected chi connectivity index (χ0v) is 10.8. The van der Waals surface area contributed by atoms with E-state index in [9.17, 15) is 4.79 Å². The van der Waals surface area contributed by atoms with Gasteiger partial charge in [-0.3, -0.25) is 4.79 Å². The second-order valence-electron chi connectivity index (χ2n) is 4.77. The van der Waals surface area contributed by atoms with Crippen molar-refractivity contribution in [3.05, 3.63) is 0 Å². The highest BCUT2D eigenvalue weighted by Gasteiger charge is 2.19. The van der Waals surface area contributed by atoms with Crippen LogP contribution in [-0.4, -0.2) is 49.6 Å². The summed E-state index contributed by atoms with van der Waals surface area (Å²) < 4.78 is 0. The molecule has 0 aromatic carbocycles. The average Bonchev–Trinajstić information content (AvgIpc) is 2.30. The molecule has 0 spiro atoms.